The lowest BCUT2D eigenvalue weighted by molar-refractivity contribution is -0.384. The summed E-state index contributed by atoms with van der Waals surface area (Å²) < 4.78 is 34.3. The second-order valence-corrected chi connectivity index (χ2v) is 10.6. The average Bonchev–Trinajstić information content (AvgIpc) is 3.19. The molecule has 1 aromatic heterocycles. The van der Waals surface area contributed by atoms with E-state index in [-0.39, 0.29) is 33.2 Å². The molecule has 0 bridgehead atoms. The minimum Gasteiger partial charge on any atom is -0.468 e. The molecule has 11 nitrogen and oxygen atoms in total. The van der Waals surface area contributed by atoms with Gasteiger partial charge in [-0.1, -0.05) is 29.0 Å². The van der Waals surface area contributed by atoms with Gasteiger partial charge in [0.1, 0.15) is 6.54 Å². The average molecular weight is 561 g/mol. The van der Waals surface area contributed by atoms with Crippen molar-refractivity contribution in [2.75, 3.05) is 11.8 Å². The summed E-state index contributed by atoms with van der Waals surface area (Å²) in [5.41, 5.74) is 0.504. The van der Waals surface area contributed by atoms with Gasteiger partial charge in [-0.2, -0.15) is 4.99 Å². The van der Waals surface area contributed by atoms with Gasteiger partial charge >= 0.3 is 5.97 Å². The maximum atomic E-state index is 13.0. The number of esters is 1. The maximum Gasteiger partial charge on any atom is 0.325 e. The van der Waals surface area contributed by atoms with Crippen LogP contribution in [0.15, 0.2) is 76.6 Å². The normalized spacial score (nSPS) is 11.9. The third kappa shape index (κ3) is 5.85. The molecule has 1 N–H and O–H groups in total. The Bertz CT molecular complexity index is 1710. The number of halogens is 1. The first-order valence-electron chi connectivity index (χ1n) is 10.4. The van der Waals surface area contributed by atoms with Gasteiger partial charge in [0, 0.05) is 28.4 Å². The monoisotopic (exact) mass is 560 g/mol. The number of aromatic nitrogens is 1. The van der Waals surface area contributed by atoms with E-state index < -0.39 is 26.8 Å². The molecule has 0 saturated heterocycles. The lowest BCUT2D eigenvalue weighted by atomic mass is 10.2. The number of fused-ring (bicyclic) bond motifs is 1. The van der Waals surface area contributed by atoms with Gasteiger partial charge in [-0.15, -0.1) is 0 Å². The largest absolute Gasteiger partial charge is 0.468 e. The summed E-state index contributed by atoms with van der Waals surface area (Å²) in [4.78, 5) is 39.8. The smallest absolute Gasteiger partial charge is 0.325 e. The third-order valence-electron chi connectivity index (χ3n) is 5.07. The van der Waals surface area contributed by atoms with Crippen molar-refractivity contribution in [1.29, 1.82) is 0 Å². The molecule has 0 aliphatic carbocycles. The zero-order valence-electron chi connectivity index (χ0n) is 19.0. The van der Waals surface area contributed by atoms with Crippen LogP contribution >= 0.6 is 22.9 Å². The van der Waals surface area contributed by atoms with Crippen LogP contribution in [0.3, 0.4) is 0 Å². The molecule has 0 aliphatic rings. The number of carbonyl (C=O) groups excluding carboxylic acids is 2. The summed E-state index contributed by atoms with van der Waals surface area (Å²) >= 11 is 6.80. The van der Waals surface area contributed by atoms with E-state index in [0.29, 0.717) is 15.2 Å². The van der Waals surface area contributed by atoms with Gasteiger partial charge in [0.05, 0.1) is 27.1 Å². The van der Waals surface area contributed by atoms with Crippen molar-refractivity contribution in [2.45, 2.75) is 11.4 Å². The third-order valence-corrected chi connectivity index (χ3v) is 7.77. The molecule has 0 saturated carbocycles. The van der Waals surface area contributed by atoms with E-state index in [0.717, 1.165) is 11.3 Å². The van der Waals surface area contributed by atoms with Gasteiger partial charge in [0.15, 0.2) is 4.80 Å². The SMILES string of the molecule is COC(=O)Cn1c(=NC(=O)c2cccc(NS(=O)(=O)c3ccc(Cl)cc3)c2)sc2cc([N+](=O)[O-])ccc21. The molecule has 0 fully saturated rings. The molecule has 190 valence electrons. The van der Waals surface area contributed by atoms with Crippen molar-refractivity contribution in [2.24, 2.45) is 4.99 Å². The van der Waals surface area contributed by atoms with E-state index in [1.165, 1.54) is 78.4 Å². The number of nitrogens with one attached hydrogen (secondary N) is 1. The number of ether oxygens (including phenoxy) is 1. The van der Waals surface area contributed by atoms with Crippen LogP contribution in [-0.4, -0.2) is 36.9 Å². The van der Waals surface area contributed by atoms with Crippen molar-refractivity contribution in [3.05, 3.63) is 92.2 Å². The van der Waals surface area contributed by atoms with E-state index in [2.05, 4.69) is 9.71 Å². The number of carbonyl (C=O) groups is 2. The topological polar surface area (TPSA) is 150 Å². The fourth-order valence-electron chi connectivity index (χ4n) is 3.30. The summed E-state index contributed by atoms with van der Waals surface area (Å²) in [5.74, 6) is -1.32. The Hall–Kier alpha value is -4.07. The fourth-order valence-corrected chi connectivity index (χ4v) is 5.54. The van der Waals surface area contributed by atoms with E-state index in [4.69, 9.17) is 16.3 Å². The molecule has 0 radical (unpaired) electrons. The highest BCUT2D eigenvalue weighted by atomic mass is 35.5. The number of hydrogen-bond donors (Lipinski definition) is 1. The van der Waals surface area contributed by atoms with Crippen LogP contribution in [0, 0.1) is 10.1 Å². The van der Waals surface area contributed by atoms with E-state index in [9.17, 15) is 28.1 Å². The number of nitrogens with zero attached hydrogens (tertiary/aromatic N) is 3. The Morgan fingerprint density at radius 1 is 1.14 bits per heavy atom. The predicted molar refractivity (Wildman–Crippen MR) is 137 cm³/mol. The fraction of sp³-hybridized carbons (Fsp3) is 0.0870. The first kappa shape index (κ1) is 26.0. The van der Waals surface area contributed by atoms with Crippen LogP contribution < -0.4 is 9.52 Å². The molecule has 4 aromatic rings. The van der Waals surface area contributed by atoms with Crippen molar-refractivity contribution < 1.29 is 27.7 Å². The molecule has 1 heterocycles. The first-order valence-corrected chi connectivity index (χ1v) is 13.1. The molecule has 0 spiro atoms. The number of non-ortho nitro benzene ring substituents is 1. The van der Waals surface area contributed by atoms with Gasteiger partial charge in [-0.3, -0.25) is 24.4 Å². The summed E-state index contributed by atoms with van der Waals surface area (Å²) in [5, 5.41) is 11.5. The van der Waals surface area contributed by atoms with Gasteiger partial charge in [0.2, 0.25) is 0 Å². The van der Waals surface area contributed by atoms with Crippen LogP contribution in [0.1, 0.15) is 10.4 Å². The number of nitro groups is 1. The number of amides is 1. The highest BCUT2D eigenvalue weighted by Crippen LogP contribution is 2.24. The van der Waals surface area contributed by atoms with Crippen molar-refractivity contribution in [3.8, 4) is 0 Å². The van der Waals surface area contributed by atoms with Gasteiger partial charge in [-0.25, -0.2) is 8.42 Å². The van der Waals surface area contributed by atoms with Crippen molar-refractivity contribution >= 4 is 66.4 Å². The van der Waals surface area contributed by atoms with Crippen LogP contribution in [0.2, 0.25) is 5.02 Å². The second kappa shape index (κ2) is 10.5. The van der Waals surface area contributed by atoms with Crippen LogP contribution in [0.5, 0.6) is 0 Å². The quantitative estimate of drug-likeness (QED) is 0.204. The van der Waals surface area contributed by atoms with E-state index >= 15 is 0 Å². The molecule has 0 aliphatic heterocycles. The van der Waals surface area contributed by atoms with Gasteiger partial charge in [-0.05, 0) is 48.5 Å². The lowest BCUT2D eigenvalue weighted by Crippen LogP contribution is -2.22. The van der Waals surface area contributed by atoms with Crippen molar-refractivity contribution in [3.63, 3.8) is 0 Å². The zero-order valence-corrected chi connectivity index (χ0v) is 21.3. The lowest BCUT2D eigenvalue weighted by Gasteiger charge is -2.09. The number of sulfonamides is 1. The molecule has 3 aromatic carbocycles. The molecule has 0 unspecified atom stereocenters. The number of nitro benzene ring substituents is 1. The Morgan fingerprint density at radius 3 is 2.54 bits per heavy atom. The summed E-state index contributed by atoms with van der Waals surface area (Å²) in [6, 6.07) is 15.4. The number of rotatable bonds is 7. The minimum atomic E-state index is -3.94. The Kier molecular flexibility index (Phi) is 7.38. The zero-order chi connectivity index (χ0) is 26.7. The number of methoxy groups -OCH3 is 1. The number of thiazole rings is 1. The van der Waals surface area contributed by atoms with Crippen LogP contribution in [0.25, 0.3) is 10.2 Å². The molecule has 14 heteroatoms. The molecule has 1 amide bonds. The van der Waals surface area contributed by atoms with Crippen LogP contribution in [0.4, 0.5) is 11.4 Å². The molecule has 37 heavy (non-hydrogen) atoms. The van der Waals surface area contributed by atoms with Crippen molar-refractivity contribution in [1.82, 2.24) is 4.57 Å². The first-order chi connectivity index (χ1) is 17.6. The minimum absolute atomic E-state index is 0.0125. The Labute approximate surface area is 218 Å². The number of anilines is 1. The summed E-state index contributed by atoms with van der Waals surface area (Å²) in [6.45, 7) is -0.276. The Morgan fingerprint density at radius 2 is 1.86 bits per heavy atom. The number of hydrogen-bond acceptors (Lipinski definition) is 8. The highest BCUT2D eigenvalue weighted by Gasteiger charge is 2.17. The Balaban J connectivity index is 1.71. The number of benzene rings is 3. The predicted octanol–water partition coefficient (Wildman–Crippen LogP) is 3.98. The van der Waals surface area contributed by atoms with Gasteiger partial charge in [0.25, 0.3) is 21.6 Å². The maximum absolute atomic E-state index is 13.0. The van der Waals surface area contributed by atoms with Crippen LogP contribution in [-0.2, 0) is 26.1 Å². The summed E-state index contributed by atoms with van der Waals surface area (Å²) in [7, 11) is -2.73. The summed E-state index contributed by atoms with van der Waals surface area (Å²) in [6.07, 6.45) is 0. The standard InChI is InChI=1S/C23H17ClN4O7S2/c1-35-21(29)13-27-19-10-7-17(28(31)32)12-20(19)36-23(27)25-22(30)14-3-2-4-16(11-14)26-37(33,34)18-8-5-15(24)6-9-18/h2-12,26H,13H2,1H3. The molecular weight excluding hydrogens is 544 g/mol. The van der Waals surface area contributed by atoms with E-state index in [1.807, 2.05) is 0 Å². The van der Waals surface area contributed by atoms with E-state index in [1.54, 1.807) is 0 Å². The molecule has 0 atom stereocenters. The molecular formula is C23H17ClN4O7S2. The highest BCUT2D eigenvalue weighted by molar-refractivity contribution is 7.92. The molecule has 4 rings (SSSR count). The van der Waals surface area contributed by atoms with Gasteiger partial charge < -0.3 is 9.30 Å². The second-order valence-electron chi connectivity index (χ2n) is 7.51.